The molecule has 0 saturated carbocycles. The predicted molar refractivity (Wildman–Crippen MR) is 56.6 cm³/mol. The Morgan fingerprint density at radius 3 is 2.93 bits per heavy atom. The summed E-state index contributed by atoms with van der Waals surface area (Å²) in [6.45, 7) is 0. The van der Waals surface area contributed by atoms with Crippen LogP contribution in [0.1, 0.15) is 5.56 Å². The zero-order valence-corrected chi connectivity index (χ0v) is 7.44. The van der Waals surface area contributed by atoms with Gasteiger partial charge in [0.1, 0.15) is 0 Å². The molecule has 0 amide bonds. The van der Waals surface area contributed by atoms with Crippen LogP contribution in [0.3, 0.4) is 0 Å². The van der Waals surface area contributed by atoms with Crippen LogP contribution in [0.2, 0.25) is 0 Å². The van der Waals surface area contributed by atoms with Crippen molar-refractivity contribution in [2.45, 2.75) is 0 Å². The summed E-state index contributed by atoms with van der Waals surface area (Å²) < 4.78 is 0. The molecule has 0 saturated heterocycles. The minimum atomic E-state index is 0.770. The summed E-state index contributed by atoms with van der Waals surface area (Å²) >= 11 is 0. The molecule has 2 aromatic carbocycles. The van der Waals surface area contributed by atoms with Gasteiger partial charge in [0, 0.05) is 0 Å². The average molecular weight is 182 g/mol. The van der Waals surface area contributed by atoms with E-state index in [4.69, 9.17) is 9.69 Å². The van der Waals surface area contributed by atoms with E-state index in [1.54, 1.807) is 7.12 Å². The van der Waals surface area contributed by atoms with Gasteiger partial charge in [-0.25, -0.2) is 0 Å². The summed E-state index contributed by atoms with van der Waals surface area (Å²) in [6, 6.07) is 12.1. The van der Waals surface area contributed by atoms with Gasteiger partial charge in [-0.3, -0.25) is 0 Å². The SMILES string of the molecule is B1=Cc2c(ccc3ccccc23)OO1. The number of hydrogen-bond donors (Lipinski definition) is 0. The average Bonchev–Trinajstić information content (AvgIpc) is 2.29. The Bertz CT molecular complexity index is 520. The van der Waals surface area contributed by atoms with Gasteiger partial charge in [-0.2, -0.15) is 0 Å². The Hall–Kier alpha value is -1.77. The third-order valence-corrected chi connectivity index (χ3v) is 2.36. The maximum absolute atomic E-state index is 5.04. The van der Waals surface area contributed by atoms with E-state index in [1.165, 1.54) is 10.8 Å². The molecule has 3 rings (SSSR count). The first-order valence-electron chi connectivity index (χ1n) is 4.47. The number of rotatable bonds is 0. The van der Waals surface area contributed by atoms with Crippen molar-refractivity contribution >= 4 is 23.9 Å². The predicted octanol–water partition coefficient (Wildman–Crippen LogP) is 1.93. The van der Waals surface area contributed by atoms with Crippen LogP contribution >= 0.6 is 0 Å². The van der Waals surface area contributed by atoms with E-state index in [0.717, 1.165) is 11.3 Å². The van der Waals surface area contributed by atoms with Gasteiger partial charge in [-0.1, -0.05) is 0 Å². The fourth-order valence-corrected chi connectivity index (χ4v) is 1.70. The third-order valence-electron chi connectivity index (χ3n) is 2.36. The molecular weight excluding hydrogens is 175 g/mol. The van der Waals surface area contributed by atoms with Gasteiger partial charge in [0.05, 0.1) is 0 Å². The van der Waals surface area contributed by atoms with Crippen LogP contribution in [-0.4, -0.2) is 13.1 Å². The van der Waals surface area contributed by atoms with E-state index in [9.17, 15) is 0 Å². The van der Waals surface area contributed by atoms with Crippen LogP contribution < -0.4 is 4.89 Å². The van der Waals surface area contributed by atoms with E-state index in [0.29, 0.717) is 0 Å². The molecule has 0 fully saturated rings. The molecule has 1 heterocycles. The fraction of sp³-hybridized carbons (Fsp3) is 0. The van der Waals surface area contributed by atoms with E-state index < -0.39 is 0 Å². The first-order chi connectivity index (χ1) is 6.95. The monoisotopic (exact) mass is 182 g/mol. The van der Waals surface area contributed by atoms with Gasteiger partial charge in [-0.05, 0) is 0 Å². The van der Waals surface area contributed by atoms with Gasteiger partial charge in [0.2, 0.25) is 0 Å². The van der Waals surface area contributed by atoms with Crippen molar-refractivity contribution in [1.82, 2.24) is 0 Å². The molecule has 0 N–H and O–H groups in total. The molecule has 0 radical (unpaired) electrons. The summed E-state index contributed by atoms with van der Waals surface area (Å²) in [7, 11) is 1.55. The Labute approximate surface area is 81.9 Å². The van der Waals surface area contributed by atoms with Gasteiger partial charge >= 0.3 is 81.3 Å². The summed E-state index contributed by atoms with van der Waals surface area (Å²) in [4.78, 5) is 9.81. The van der Waals surface area contributed by atoms with E-state index in [-0.39, 0.29) is 0 Å². The Morgan fingerprint density at radius 2 is 1.93 bits per heavy atom. The second-order valence-corrected chi connectivity index (χ2v) is 3.18. The van der Waals surface area contributed by atoms with Crippen molar-refractivity contribution in [2.24, 2.45) is 0 Å². The Balaban J connectivity index is 2.42. The maximum atomic E-state index is 5.04. The molecule has 66 valence electrons. The van der Waals surface area contributed by atoms with Crippen molar-refractivity contribution in [2.75, 3.05) is 0 Å². The Kier molecular flexibility index (Phi) is 1.56. The molecule has 1 aliphatic rings. The van der Waals surface area contributed by atoms with Crippen molar-refractivity contribution in [3.8, 4) is 5.75 Å². The minimum absolute atomic E-state index is 0.770. The van der Waals surface area contributed by atoms with Crippen LogP contribution in [-0.2, 0) is 4.81 Å². The van der Waals surface area contributed by atoms with Crippen LogP contribution in [0.5, 0.6) is 5.75 Å². The van der Waals surface area contributed by atoms with Crippen LogP contribution in [0.4, 0.5) is 0 Å². The molecule has 14 heavy (non-hydrogen) atoms. The molecule has 3 heteroatoms. The van der Waals surface area contributed by atoms with E-state index in [2.05, 4.69) is 12.1 Å². The topological polar surface area (TPSA) is 18.5 Å². The molecule has 0 aliphatic carbocycles. The molecule has 0 atom stereocenters. The summed E-state index contributed by atoms with van der Waals surface area (Å²) in [5.74, 6) is 2.69. The number of hydrogen-bond acceptors (Lipinski definition) is 2. The summed E-state index contributed by atoms with van der Waals surface area (Å²) in [5, 5.41) is 2.39. The number of fused-ring (bicyclic) bond motifs is 3. The van der Waals surface area contributed by atoms with Crippen LogP contribution in [0.25, 0.3) is 10.8 Å². The fourth-order valence-electron chi connectivity index (χ4n) is 1.70. The van der Waals surface area contributed by atoms with Crippen molar-refractivity contribution < 1.29 is 9.69 Å². The van der Waals surface area contributed by atoms with Gasteiger partial charge < -0.3 is 0 Å². The standard InChI is InChI=1S/C11H7BO2/c1-2-4-9-8(3-1)5-6-11-10(9)7-12-14-13-11/h1-7H. The zero-order valence-electron chi connectivity index (χ0n) is 7.44. The van der Waals surface area contributed by atoms with Crippen molar-refractivity contribution in [3.63, 3.8) is 0 Å². The Morgan fingerprint density at radius 1 is 1.00 bits per heavy atom. The van der Waals surface area contributed by atoms with E-state index in [1.807, 2.05) is 30.2 Å². The quantitative estimate of drug-likeness (QED) is 0.457. The second-order valence-electron chi connectivity index (χ2n) is 3.18. The van der Waals surface area contributed by atoms with E-state index >= 15 is 0 Å². The molecule has 0 aromatic heterocycles. The van der Waals surface area contributed by atoms with Crippen LogP contribution in [0, 0.1) is 0 Å². The third kappa shape index (κ3) is 1.02. The molecule has 1 aliphatic heterocycles. The first-order valence-corrected chi connectivity index (χ1v) is 4.47. The first kappa shape index (κ1) is 7.62. The van der Waals surface area contributed by atoms with Gasteiger partial charge in [-0.15, -0.1) is 0 Å². The molecule has 2 nitrogen and oxygen atoms in total. The summed E-state index contributed by atoms with van der Waals surface area (Å²) in [6.07, 6.45) is 0. The van der Waals surface area contributed by atoms with Crippen molar-refractivity contribution in [1.29, 1.82) is 0 Å². The van der Waals surface area contributed by atoms with Gasteiger partial charge in [0.25, 0.3) is 0 Å². The van der Waals surface area contributed by atoms with Crippen molar-refractivity contribution in [3.05, 3.63) is 42.0 Å². The second kappa shape index (κ2) is 2.87. The number of benzene rings is 2. The van der Waals surface area contributed by atoms with Crippen LogP contribution in [0.15, 0.2) is 36.4 Å². The molecule has 0 bridgehead atoms. The van der Waals surface area contributed by atoms with Gasteiger partial charge in [0.15, 0.2) is 0 Å². The molecule has 0 spiro atoms. The normalized spacial score (nSPS) is 12.6. The molecule has 0 unspecified atom stereocenters. The molecule has 2 aromatic rings. The molecular formula is C11H7BO2. The summed E-state index contributed by atoms with van der Waals surface area (Å²) in [5.41, 5.74) is 1.08. The zero-order chi connectivity index (χ0) is 9.38.